The molecule has 0 atom stereocenters. The van der Waals surface area contributed by atoms with E-state index in [1.807, 2.05) is 29.1 Å². The van der Waals surface area contributed by atoms with Gasteiger partial charge in [-0.15, -0.1) is 11.3 Å². The van der Waals surface area contributed by atoms with Gasteiger partial charge in [-0.05, 0) is 54.5 Å². The Labute approximate surface area is 182 Å². The van der Waals surface area contributed by atoms with Crippen LogP contribution in [0.15, 0.2) is 72.5 Å². The molecule has 5 aromatic rings. The lowest BCUT2D eigenvalue weighted by Crippen LogP contribution is -2.11. The van der Waals surface area contributed by atoms with Gasteiger partial charge in [0, 0.05) is 41.4 Å². The number of carbonyl (C=O) groups excluding carboxylic acids is 1. The first-order valence-electron chi connectivity index (χ1n) is 10.2. The van der Waals surface area contributed by atoms with E-state index in [0.29, 0.717) is 16.6 Å². The normalized spacial score (nSPS) is 13.2. The first kappa shape index (κ1) is 19.5. The molecule has 0 unspecified atom stereocenters. The predicted octanol–water partition coefficient (Wildman–Crippen LogP) is 6.07. The van der Waals surface area contributed by atoms with Gasteiger partial charge in [-0.2, -0.15) is 0 Å². The number of carbonyl (C=O) groups is 1. The molecule has 0 radical (unpaired) electrons. The zero-order chi connectivity index (χ0) is 21.2. The molecule has 0 aliphatic heterocycles. The van der Waals surface area contributed by atoms with Crippen LogP contribution in [0.5, 0.6) is 0 Å². The Morgan fingerprint density at radius 2 is 2.10 bits per heavy atom. The van der Waals surface area contributed by atoms with E-state index in [-0.39, 0.29) is 11.7 Å². The van der Waals surface area contributed by atoms with Gasteiger partial charge < -0.3 is 9.55 Å². The maximum Gasteiger partial charge on any atom is 0.259 e. The summed E-state index contributed by atoms with van der Waals surface area (Å²) in [4.78, 5) is 19.7. The first-order chi connectivity index (χ1) is 15.2. The van der Waals surface area contributed by atoms with E-state index in [0.717, 1.165) is 17.4 Å². The van der Waals surface area contributed by atoms with Crippen molar-refractivity contribution in [3.05, 3.63) is 83.9 Å². The highest BCUT2D eigenvalue weighted by Gasteiger charge is 2.24. The molecule has 5 nitrogen and oxygen atoms in total. The standard InChI is InChI=1S/C16H14FN3OS.C8H7N/c17-11-3-4-12-13(15(21)19-16-18-5-6-22-16)9-20(14(12)7-11)8-10-1-2-10;1-2-4-8-7(3-1)5-6-9-8/h3-7,9-10H,1-2,8H2,(H,18,19,21);1-6,9H. The molecule has 6 rings (SSSR count). The molecule has 1 aliphatic carbocycles. The Morgan fingerprint density at radius 1 is 1.23 bits per heavy atom. The molecular weight excluding hydrogens is 411 g/mol. The highest BCUT2D eigenvalue weighted by Crippen LogP contribution is 2.33. The molecule has 3 aromatic heterocycles. The van der Waals surface area contributed by atoms with Crippen molar-refractivity contribution in [1.29, 1.82) is 0 Å². The number of aromatic amines is 1. The van der Waals surface area contributed by atoms with E-state index in [4.69, 9.17) is 0 Å². The van der Waals surface area contributed by atoms with Crippen LogP contribution in [0.3, 0.4) is 0 Å². The number of thiazole rings is 1. The SMILES string of the molecule is O=C(Nc1nccs1)c1cn(CC2CC2)c2cc(F)ccc12.c1ccc2[nH]ccc2c1. The van der Waals surface area contributed by atoms with Crippen LogP contribution in [-0.2, 0) is 6.54 Å². The van der Waals surface area contributed by atoms with Crippen molar-refractivity contribution < 1.29 is 9.18 Å². The van der Waals surface area contributed by atoms with E-state index in [1.165, 1.54) is 47.2 Å². The van der Waals surface area contributed by atoms with Gasteiger partial charge in [-0.3, -0.25) is 10.1 Å². The second kappa shape index (κ2) is 8.35. The molecule has 1 aliphatic rings. The average molecular weight is 433 g/mol. The number of para-hydroxylation sites is 1. The minimum absolute atomic E-state index is 0.207. The molecule has 0 bridgehead atoms. The van der Waals surface area contributed by atoms with Gasteiger partial charge in [-0.1, -0.05) is 18.2 Å². The van der Waals surface area contributed by atoms with Crippen LogP contribution in [0.4, 0.5) is 9.52 Å². The zero-order valence-electron chi connectivity index (χ0n) is 16.7. The molecule has 3 heterocycles. The van der Waals surface area contributed by atoms with Crippen molar-refractivity contribution in [3.8, 4) is 0 Å². The smallest absolute Gasteiger partial charge is 0.259 e. The molecule has 156 valence electrons. The first-order valence-corrected chi connectivity index (χ1v) is 11.1. The third-order valence-corrected chi connectivity index (χ3v) is 6.04. The van der Waals surface area contributed by atoms with E-state index < -0.39 is 0 Å². The summed E-state index contributed by atoms with van der Waals surface area (Å²) in [5.74, 6) is 0.157. The van der Waals surface area contributed by atoms with Crippen LogP contribution < -0.4 is 5.32 Å². The Bertz CT molecular complexity index is 1300. The molecule has 1 fully saturated rings. The fourth-order valence-electron chi connectivity index (χ4n) is 3.62. The summed E-state index contributed by atoms with van der Waals surface area (Å²) in [5, 5.41) is 7.21. The number of halogens is 1. The van der Waals surface area contributed by atoms with Crippen LogP contribution in [0.2, 0.25) is 0 Å². The third kappa shape index (κ3) is 4.36. The van der Waals surface area contributed by atoms with Crippen LogP contribution in [0.1, 0.15) is 23.2 Å². The number of rotatable bonds is 4. The highest BCUT2D eigenvalue weighted by molar-refractivity contribution is 7.13. The number of hydrogen-bond donors (Lipinski definition) is 2. The predicted molar refractivity (Wildman–Crippen MR) is 123 cm³/mol. The summed E-state index contributed by atoms with van der Waals surface area (Å²) in [6, 6.07) is 14.8. The lowest BCUT2D eigenvalue weighted by atomic mass is 10.1. The van der Waals surface area contributed by atoms with Crippen LogP contribution in [0.25, 0.3) is 21.8 Å². The van der Waals surface area contributed by atoms with Crippen molar-refractivity contribution in [1.82, 2.24) is 14.5 Å². The molecule has 2 N–H and O–H groups in total. The van der Waals surface area contributed by atoms with Crippen LogP contribution >= 0.6 is 11.3 Å². The van der Waals surface area contributed by atoms with Gasteiger partial charge in [-0.25, -0.2) is 9.37 Å². The van der Waals surface area contributed by atoms with Crippen molar-refractivity contribution in [2.45, 2.75) is 19.4 Å². The summed E-state index contributed by atoms with van der Waals surface area (Å²) >= 11 is 1.37. The Hall–Kier alpha value is -3.45. The number of nitrogens with zero attached hydrogens (tertiary/aromatic N) is 2. The quantitative estimate of drug-likeness (QED) is 0.362. The van der Waals surface area contributed by atoms with Gasteiger partial charge in [0.25, 0.3) is 5.91 Å². The number of nitrogens with one attached hydrogen (secondary N) is 2. The van der Waals surface area contributed by atoms with Crippen LogP contribution in [-0.4, -0.2) is 20.4 Å². The Balaban J connectivity index is 0.000000189. The fourth-order valence-corrected chi connectivity index (χ4v) is 4.14. The summed E-state index contributed by atoms with van der Waals surface area (Å²) < 4.78 is 15.6. The number of anilines is 1. The summed E-state index contributed by atoms with van der Waals surface area (Å²) in [6.45, 7) is 0.838. The van der Waals surface area contributed by atoms with Crippen molar-refractivity contribution >= 4 is 44.2 Å². The van der Waals surface area contributed by atoms with E-state index in [2.05, 4.69) is 33.5 Å². The number of H-pyrrole nitrogens is 1. The number of amides is 1. The van der Waals surface area contributed by atoms with Gasteiger partial charge >= 0.3 is 0 Å². The molecule has 31 heavy (non-hydrogen) atoms. The number of hydrogen-bond acceptors (Lipinski definition) is 3. The lowest BCUT2D eigenvalue weighted by molar-refractivity contribution is 0.102. The van der Waals surface area contributed by atoms with Crippen molar-refractivity contribution in [2.24, 2.45) is 5.92 Å². The minimum Gasteiger partial charge on any atom is -0.361 e. The Morgan fingerprint density at radius 3 is 2.87 bits per heavy atom. The fraction of sp³-hybridized carbons (Fsp3) is 0.167. The van der Waals surface area contributed by atoms with E-state index >= 15 is 0 Å². The Kier molecular flexibility index (Phi) is 5.26. The highest BCUT2D eigenvalue weighted by atomic mass is 32.1. The second-order valence-electron chi connectivity index (χ2n) is 7.66. The largest absolute Gasteiger partial charge is 0.361 e. The molecular formula is C24H21FN4OS. The van der Waals surface area contributed by atoms with E-state index in [1.54, 1.807) is 17.6 Å². The van der Waals surface area contributed by atoms with Crippen molar-refractivity contribution in [2.75, 3.05) is 5.32 Å². The van der Waals surface area contributed by atoms with Gasteiger partial charge in [0.2, 0.25) is 0 Å². The van der Waals surface area contributed by atoms with Crippen molar-refractivity contribution in [3.63, 3.8) is 0 Å². The molecule has 7 heteroatoms. The molecule has 0 spiro atoms. The number of aromatic nitrogens is 3. The number of fused-ring (bicyclic) bond motifs is 2. The zero-order valence-corrected chi connectivity index (χ0v) is 17.5. The molecule has 0 saturated heterocycles. The minimum atomic E-state index is -0.283. The van der Waals surface area contributed by atoms with Gasteiger partial charge in [0.1, 0.15) is 5.82 Å². The van der Waals surface area contributed by atoms with Crippen LogP contribution in [0, 0.1) is 11.7 Å². The maximum absolute atomic E-state index is 13.6. The topological polar surface area (TPSA) is 62.7 Å². The van der Waals surface area contributed by atoms with E-state index in [9.17, 15) is 9.18 Å². The summed E-state index contributed by atoms with van der Waals surface area (Å²) in [6.07, 6.45) is 7.83. The van der Waals surface area contributed by atoms with Gasteiger partial charge in [0.15, 0.2) is 5.13 Å². The second-order valence-corrected chi connectivity index (χ2v) is 8.55. The molecule has 1 saturated carbocycles. The maximum atomic E-state index is 13.6. The lowest BCUT2D eigenvalue weighted by Gasteiger charge is -2.02. The molecule has 2 aromatic carbocycles. The average Bonchev–Trinajstić information content (AvgIpc) is 3.16. The third-order valence-electron chi connectivity index (χ3n) is 5.36. The number of benzene rings is 2. The van der Waals surface area contributed by atoms with Gasteiger partial charge in [0.05, 0.1) is 11.1 Å². The summed E-state index contributed by atoms with van der Waals surface area (Å²) in [7, 11) is 0. The monoisotopic (exact) mass is 432 g/mol. The summed E-state index contributed by atoms with van der Waals surface area (Å²) in [5.41, 5.74) is 2.54. The molecule has 1 amide bonds.